The molecule has 0 spiro atoms. The number of benzene rings is 1. The molecule has 0 saturated carbocycles. The molecule has 1 aromatic carbocycles. The number of anilines is 1. The van der Waals surface area contributed by atoms with Crippen molar-refractivity contribution in [2.75, 3.05) is 32.1 Å². The Labute approximate surface area is 115 Å². The molecule has 0 aromatic heterocycles. The van der Waals surface area contributed by atoms with E-state index in [1.807, 2.05) is 14.1 Å². The first-order valence-electron chi connectivity index (χ1n) is 6.78. The number of nitrogens with zero attached hydrogens (tertiary/aromatic N) is 2. The van der Waals surface area contributed by atoms with E-state index in [0.29, 0.717) is 6.54 Å². The molecule has 0 amide bonds. The van der Waals surface area contributed by atoms with Gasteiger partial charge in [-0.2, -0.15) is 0 Å². The van der Waals surface area contributed by atoms with Crippen molar-refractivity contribution in [3.63, 3.8) is 0 Å². The lowest BCUT2D eigenvalue weighted by Crippen LogP contribution is -2.47. The van der Waals surface area contributed by atoms with Gasteiger partial charge in [0.15, 0.2) is 0 Å². The van der Waals surface area contributed by atoms with Crippen molar-refractivity contribution in [3.05, 3.63) is 29.3 Å². The predicted molar refractivity (Wildman–Crippen MR) is 79.3 cm³/mol. The molecule has 1 unspecified atom stereocenters. The molecule has 1 aromatic rings. The molecule has 2 rings (SSSR count). The fourth-order valence-electron chi connectivity index (χ4n) is 2.76. The second-order valence-corrected chi connectivity index (χ2v) is 6.13. The Bertz CT molecular complexity index is 457. The first-order chi connectivity index (χ1) is 8.90. The van der Waals surface area contributed by atoms with Gasteiger partial charge in [-0.05, 0) is 37.1 Å². The van der Waals surface area contributed by atoms with Crippen LogP contribution in [0.15, 0.2) is 18.2 Å². The Balaban J connectivity index is 2.39. The highest BCUT2D eigenvalue weighted by Gasteiger charge is 2.38. The van der Waals surface area contributed by atoms with Crippen molar-refractivity contribution in [1.29, 1.82) is 0 Å². The lowest BCUT2D eigenvalue weighted by atomic mass is 10.0. The topological polar surface area (TPSA) is 52.7 Å². The molecule has 4 heteroatoms. The summed E-state index contributed by atoms with van der Waals surface area (Å²) >= 11 is 0. The van der Waals surface area contributed by atoms with Gasteiger partial charge in [0, 0.05) is 44.5 Å². The molecule has 0 fully saturated rings. The fraction of sp³-hybridized carbons (Fsp3) is 0.600. The lowest BCUT2D eigenvalue weighted by molar-refractivity contribution is 0.0293. The van der Waals surface area contributed by atoms with Crippen LogP contribution in [-0.2, 0) is 6.54 Å². The lowest BCUT2D eigenvalue weighted by Gasteiger charge is -2.38. The van der Waals surface area contributed by atoms with Crippen LogP contribution < -0.4 is 10.6 Å². The fourth-order valence-corrected chi connectivity index (χ4v) is 2.76. The number of nitrogens with two attached hydrogens (primary N) is 1. The highest BCUT2D eigenvalue weighted by Crippen LogP contribution is 2.39. The Morgan fingerprint density at radius 2 is 2.11 bits per heavy atom. The maximum atomic E-state index is 9.60. The summed E-state index contributed by atoms with van der Waals surface area (Å²) in [5.41, 5.74) is 9.55. The summed E-state index contributed by atoms with van der Waals surface area (Å²) in [7, 11) is 4.09. The summed E-state index contributed by atoms with van der Waals surface area (Å²) < 4.78 is 0. The van der Waals surface area contributed by atoms with Crippen LogP contribution in [0, 0.1) is 0 Å². The number of hydrogen-bond donors (Lipinski definition) is 2. The van der Waals surface area contributed by atoms with E-state index in [4.69, 9.17) is 5.73 Å². The van der Waals surface area contributed by atoms with Crippen LogP contribution in [0.4, 0.5) is 5.69 Å². The largest absolute Gasteiger partial charge is 0.394 e. The van der Waals surface area contributed by atoms with Crippen molar-refractivity contribution < 1.29 is 5.11 Å². The molecule has 1 atom stereocenters. The first-order valence-corrected chi connectivity index (χ1v) is 6.78. The molecule has 0 bridgehead atoms. The Kier molecular flexibility index (Phi) is 3.85. The normalized spacial score (nSPS) is 19.6. The minimum atomic E-state index is -0.249. The molecule has 0 aliphatic carbocycles. The summed E-state index contributed by atoms with van der Waals surface area (Å²) in [5.74, 6) is 0. The molecular formula is C15H25N3O. The highest BCUT2D eigenvalue weighted by molar-refractivity contribution is 5.52. The minimum Gasteiger partial charge on any atom is -0.394 e. The quantitative estimate of drug-likeness (QED) is 0.861. The molecule has 3 N–H and O–H groups in total. The smallest absolute Gasteiger partial charge is 0.0610 e. The van der Waals surface area contributed by atoms with Crippen LogP contribution in [0.2, 0.25) is 0 Å². The van der Waals surface area contributed by atoms with E-state index in [2.05, 4.69) is 41.8 Å². The van der Waals surface area contributed by atoms with Crippen molar-refractivity contribution in [1.82, 2.24) is 4.90 Å². The van der Waals surface area contributed by atoms with Crippen LogP contribution in [0.25, 0.3) is 0 Å². The second kappa shape index (κ2) is 5.12. The van der Waals surface area contributed by atoms with Gasteiger partial charge in [0.05, 0.1) is 6.61 Å². The van der Waals surface area contributed by atoms with Gasteiger partial charge in [-0.1, -0.05) is 6.07 Å². The maximum absolute atomic E-state index is 9.60. The number of hydrogen-bond acceptors (Lipinski definition) is 4. The average molecular weight is 263 g/mol. The molecule has 19 heavy (non-hydrogen) atoms. The summed E-state index contributed by atoms with van der Waals surface area (Å²) in [6.45, 7) is 5.70. The number of aliphatic hydroxyl groups is 1. The average Bonchev–Trinajstić information content (AvgIpc) is 2.76. The molecule has 0 saturated heterocycles. The monoisotopic (exact) mass is 263 g/mol. The van der Waals surface area contributed by atoms with Gasteiger partial charge in [-0.3, -0.25) is 4.90 Å². The molecule has 106 valence electrons. The van der Waals surface area contributed by atoms with Crippen LogP contribution in [0.1, 0.15) is 31.0 Å². The third kappa shape index (κ3) is 2.48. The second-order valence-electron chi connectivity index (χ2n) is 6.13. The van der Waals surface area contributed by atoms with Gasteiger partial charge in [0.25, 0.3) is 0 Å². The minimum absolute atomic E-state index is 0.137. The molecular weight excluding hydrogens is 238 g/mol. The van der Waals surface area contributed by atoms with E-state index in [-0.39, 0.29) is 18.2 Å². The third-order valence-corrected chi connectivity index (χ3v) is 4.11. The van der Waals surface area contributed by atoms with Gasteiger partial charge in [-0.15, -0.1) is 0 Å². The van der Waals surface area contributed by atoms with Gasteiger partial charge in [0.1, 0.15) is 0 Å². The standard InChI is InChI=1S/C15H25N3O/c1-15(2,10-19)18-9-11-5-6-12(17(3)4)7-13(11)14(18)8-16/h5-7,14,19H,8-10,16H2,1-4H3. The molecule has 1 aliphatic heterocycles. The first kappa shape index (κ1) is 14.3. The third-order valence-electron chi connectivity index (χ3n) is 4.11. The molecule has 1 aliphatic rings. The van der Waals surface area contributed by atoms with Crippen LogP contribution in [0.3, 0.4) is 0 Å². The van der Waals surface area contributed by atoms with Crippen molar-refractivity contribution >= 4 is 5.69 Å². The summed E-state index contributed by atoms with van der Waals surface area (Å²) in [6.07, 6.45) is 0. The van der Waals surface area contributed by atoms with E-state index in [0.717, 1.165) is 6.54 Å². The number of aliphatic hydroxyl groups excluding tert-OH is 1. The van der Waals surface area contributed by atoms with Crippen molar-refractivity contribution in [2.45, 2.75) is 32.0 Å². The SMILES string of the molecule is CN(C)c1ccc2c(c1)C(CN)N(C(C)(C)CO)C2. The number of rotatable bonds is 4. The number of fused-ring (bicyclic) bond motifs is 1. The maximum Gasteiger partial charge on any atom is 0.0610 e. The van der Waals surface area contributed by atoms with E-state index in [1.165, 1.54) is 16.8 Å². The van der Waals surface area contributed by atoms with Gasteiger partial charge in [0.2, 0.25) is 0 Å². The van der Waals surface area contributed by atoms with E-state index in [9.17, 15) is 5.11 Å². The van der Waals surface area contributed by atoms with Gasteiger partial charge >= 0.3 is 0 Å². The zero-order valence-electron chi connectivity index (χ0n) is 12.3. The van der Waals surface area contributed by atoms with Gasteiger partial charge < -0.3 is 15.7 Å². The Morgan fingerprint density at radius 3 is 2.63 bits per heavy atom. The predicted octanol–water partition coefficient (Wildman–Crippen LogP) is 1.34. The van der Waals surface area contributed by atoms with Crippen LogP contribution >= 0.6 is 0 Å². The van der Waals surface area contributed by atoms with E-state index >= 15 is 0 Å². The Hall–Kier alpha value is -1.10. The zero-order valence-corrected chi connectivity index (χ0v) is 12.3. The molecule has 1 heterocycles. The highest BCUT2D eigenvalue weighted by atomic mass is 16.3. The van der Waals surface area contributed by atoms with Gasteiger partial charge in [-0.25, -0.2) is 0 Å². The van der Waals surface area contributed by atoms with Crippen molar-refractivity contribution in [2.24, 2.45) is 5.73 Å². The zero-order chi connectivity index (χ0) is 14.2. The van der Waals surface area contributed by atoms with E-state index in [1.54, 1.807) is 0 Å². The summed E-state index contributed by atoms with van der Waals surface area (Å²) in [5, 5.41) is 9.60. The summed E-state index contributed by atoms with van der Waals surface area (Å²) in [6, 6.07) is 6.74. The van der Waals surface area contributed by atoms with Crippen LogP contribution in [0.5, 0.6) is 0 Å². The Morgan fingerprint density at radius 1 is 1.42 bits per heavy atom. The summed E-state index contributed by atoms with van der Waals surface area (Å²) in [4.78, 5) is 4.41. The molecule has 4 nitrogen and oxygen atoms in total. The van der Waals surface area contributed by atoms with E-state index < -0.39 is 0 Å². The van der Waals surface area contributed by atoms with Crippen molar-refractivity contribution in [3.8, 4) is 0 Å². The molecule has 0 radical (unpaired) electrons. The van der Waals surface area contributed by atoms with Crippen LogP contribution in [-0.4, -0.2) is 42.8 Å².